The van der Waals surface area contributed by atoms with Crippen molar-refractivity contribution in [2.24, 2.45) is 0 Å². The Morgan fingerprint density at radius 1 is 1.48 bits per heavy atom. The number of fused-ring (bicyclic) bond motifs is 1. The van der Waals surface area contributed by atoms with Crippen molar-refractivity contribution in [2.75, 3.05) is 5.75 Å². The van der Waals surface area contributed by atoms with Crippen LogP contribution in [0, 0.1) is 13.8 Å². The summed E-state index contributed by atoms with van der Waals surface area (Å²) in [6.45, 7) is 3.75. The molecule has 2 aromatic heterocycles. The topological polar surface area (TPSA) is 87.7 Å². The lowest BCUT2D eigenvalue weighted by atomic mass is 9.98. The van der Waals surface area contributed by atoms with E-state index in [1.54, 1.807) is 18.3 Å². The summed E-state index contributed by atoms with van der Waals surface area (Å²) in [6.07, 6.45) is 3.04. The first-order valence-electron chi connectivity index (χ1n) is 7.47. The van der Waals surface area contributed by atoms with Crippen molar-refractivity contribution in [1.29, 1.82) is 0 Å². The van der Waals surface area contributed by atoms with Crippen LogP contribution in [0.4, 0.5) is 0 Å². The molecule has 0 aromatic carbocycles. The van der Waals surface area contributed by atoms with E-state index in [2.05, 4.69) is 20.3 Å². The van der Waals surface area contributed by atoms with Gasteiger partial charge in [-0.15, -0.1) is 11.3 Å². The van der Waals surface area contributed by atoms with Crippen molar-refractivity contribution >= 4 is 29.0 Å². The number of carbonyl (C=O) groups is 1. The number of aryl methyl sites for hydroxylation is 3. The highest BCUT2D eigenvalue weighted by Crippen LogP contribution is 2.33. The first-order chi connectivity index (χ1) is 11.0. The van der Waals surface area contributed by atoms with Gasteiger partial charge >= 0.3 is 0 Å². The lowest BCUT2D eigenvalue weighted by Crippen LogP contribution is -2.32. The van der Waals surface area contributed by atoms with Crippen LogP contribution in [-0.4, -0.2) is 26.6 Å². The first-order valence-corrected chi connectivity index (χ1v) is 9.28. The van der Waals surface area contributed by atoms with Gasteiger partial charge in [-0.25, -0.2) is 9.97 Å². The molecule has 3 rings (SSSR count). The maximum absolute atomic E-state index is 12.2. The van der Waals surface area contributed by atoms with E-state index in [0.29, 0.717) is 10.9 Å². The van der Waals surface area contributed by atoms with E-state index in [0.717, 1.165) is 30.0 Å². The molecule has 0 bridgehead atoms. The second-order valence-corrected chi connectivity index (χ2v) is 7.79. The third-order valence-corrected chi connectivity index (χ3v) is 5.50. The second-order valence-electron chi connectivity index (χ2n) is 5.53. The molecule has 1 atom stereocenters. The van der Waals surface area contributed by atoms with E-state index < -0.39 is 0 Å². The van der Waals surface area contributed by atoms with Gasteiger partial charge in [-0.2, -0.15) is 0 Å². The zero-order valence-corrected chi connectivity index (χ0v) is 14.6. The van der Waals surface area contributed by atoms with E-state index in [1.165, 1.54) is 22.7 Å². The molecule has 122 valence electrons. The Morgan fingerprint density at radius 3 is 3.09 bits per heavy atom. The highest BCUT2D eigenvalue weighted by molar-refractivity contribution is 7.99. The van der Waals surface area contributed by atoms with Gasteiger partial charge in [-0.05, 0) is 33.1 Å². The Morgan fingerprint density at radius 2 is 2.30 bits per heavy atom. The number of H-pyrrole nitrogens is 1. The Balaban J connectivity index is 1.61. The normalized spacial score (nSPS) is 16.9. The molecule has 0 spiro atoms. The highest BCUT2D eigenvalue weighted by Gasteiger charge is 2.25. The fourth-order valence-electron chi connectivity index (χ4n) is 2.67. The standard InChI is InChI=1S/C15H18N4O2S2/c1-8-6-12(20)19-15(16-8)22-7-13(21)18-10-4-3-5-11-14(10)17-9(2)23-11/h6,10H,3-5,7H2,1-2H3,(H,18,21)(H,16,19,20). The molecule has 8 heteroatoms. The number of aromatic nitrogens is 3. The molecule has 0 fully saturated rings. The SMILES string of the molecule is Cc1cc(=O)[nH]c(SCC(=O)NC2CCCc3sc(C)nc32)n1. The summed E-state index contributed by atoms with van der Waals surface area (Å²) in [5.74, 6) is 0.157. The lowest BCUT2D eigenvalue weighted by molar-refractivity contribution is -0.119. The van der Waals surface area contributed by atoms with Crippen molar-refractivity contribution in [3.05, 3.63) is 37.7 Å². The zero-order valence-electron chi connectivity index (χ0n) is 13.0. The number of amides is 1. The van der Waals surface area contributed by atoms with E-state index in [1.807, 2.05) is 6.92 Å². The number of hydrogen-bond acceptors (Lipinski definition) is 6. The zero-order chi connectivity index (χ0) is 16.4. The Bertz CT molecular complexity index is 784. The van der Waals surface area contributed by atoms with Crippen molar-refractivity contribution < 1.29 is 4.79 Å². The van der Waals surface area contributed by atoms with Crippen LogP contribution in [0.2, 0.25) is 0 Å². The fourth-order valence-corrected chi connectivity index (χ4v) is 4.44. The number of thiazole rings is 1. The molecular formula is C15H18N4O2S2. The van der Waals surface area contributed by atoms with Gasteiger partial charge in [-0.1, -0.05) is 11.8 Å². The van der Waals surface area contributed by atoms with Gasteiger partial charge in [0.1, 0.15) is 0 Å². The average Bonchev–Trinajstić information content (AvgIpc) is 2.86. The van der Waals surface area contributed by atoms with Gasteiger partial charge in [0.25, 0.3) is 5.56 Å². The third kappa shape index (κ3) is 4.00. The van der Waals surface area contributed by atoms with Crippen LogP contribution in [0.5, 0.6) is 0 Å². The molecule has 0 radical (unpaired) electrons. The van der Waals surface area contributed by atoms with Crippen LogP contribution in [0.1, 0.15) is 40.2 Å². The summed E-state index contributed by atoms with van der Waals surface area (Å²) in [5.41, 5.74) is 1.47. The van der Waals surface area contributed by atoms with Crippen LogP contribution >= 0.6 is 23.1 Å². The number of thioether (sulfide) groups is 1. The quantitative estimate of drug-likeness (QED) is 0.651. The summed E-state index contributed by atoms with van der Waals surface area (Å²) in [7, 11) is 0. The van der Waals surface area contributed by atoms with Gasteiger partial charge in [0, 0.05) is 16.6 Å². The molecule has 0 aliphatic heterocycles. The minimum absolute atomic E-state index is 0.00122. The molecule has 2 N–H and O–H groups in total. The van der Waals surface area contributed by atoms with Crippen molar-refractivity contribution in [2.45, 2.75) is 44.3 Å². The van der Waals surface area contributed by atoms with Gasteiger partial charge in [0.05, 0.1) is 22.5 Å². The number of aromatic amines is 1. The van der Waals surface area contributed by atoms with Gasteiger partial charge in [0.2, 0.25) is 5.91 Å². The monoisotopic (exact) mass is 350 g/mol. The van der Waals surface area contributed by atoms with Gasteiger partial charge < -0.3 is 10.3 Å². The molecule has 0 saturated carbocycles. The van der Waals surface area contributed by atoms with Crippen molar-refractivity contribution in [3.63, 3.8) is 0 Å². The van der Waals surface area contributed by atoms with Crippen molar-refractivity contribution in [1.82, 2.24) is 20.3 Å². The predicted molar refractivity (Wildman–Crippen MR) is 91.0 cm³/mol. The van der Waals surface area contributed by atoms with Crippen LogP contribution in [0.15, 0.2) is 16.0 Å². The number of nitrogens with zero attached hydrogens (tertiary/aromatic N) is 2. The Hall–Kier alpha value is -1.67. The molecular weight excluding hydrogens is 332 g/mol. The Kier molecular flexibility index (Phi) is 4.82. The number of rotatable bonds is 4. The minimum Gasteiger partial charge on any atom is -0.347 e. The van der Waals surface area contributed by atoms with E-state index in [4.69, 9.17) is 0 Å². The lowest BCUT2D eigenvalue weighted by Gasteiger charge is -2.22. The molecule has 2 heterocycles. The van der Waals surface area contributed by atoms with Crippen LogP contribution < -0.4 is 10.9 Å². The molecule has 0 saturated heterocycles. The van der Waals surface area contributed by atoms with Crippen LogP contribution in [-0.2, 0) is 11.2 Å². The second kappa shape index (κ2) is 6.84. The largest absolute Gasteiger partial charge is 0.347 e. The fraction of sp³-hybridized carbons (Fsp3) is 0.467. The smallest absolute Gasteiger partial charge is 0.251 e. The maximum Gasteiger partial charge on any atom is 0.251 e. The maximum atomic E-state index is 12.2. The average molecular weight is 350 g/mol. The van der Waals surface area contributed by atoms with Crippen LogP contribution in [0.25, 0.3) is 0 Å². The molecule has 1 unspecified atom stereocenters. The minimum atomic E-state index is -0.199. The number of hydrogen-bond donors (Lipinski definition) is 2. The molecule has 1 aliphatic rings. The molecule has 1 aliphatic carbocycles. The first kappa shape index (κ1) is 16.2. The molecule has 23 heavy (non-hydrogen) atoms. The number of carbonyl (C=O) groups excluding carboxylic acids is 1. The summed E-state index contributed by atoms with van der Waals surface area (Å²) in [4.78, 5) is 36.3. The van der Waals surface area contributed by atoms with E-state index in [9.17, 15) is 9.59 Å². The molecule has 1 amide bonds. The highest BCUT2D eigenvalue weighted by atomic mass is 32.2. The summed E-state index contributed by atoms with van der Waals surface area (Å²) < 4.78 is 0. The third-order valence-electron chi connectivity index (χ3n) is 3.58. The van der Waals surface area contributed by atoms with Gasteiger partial charge in [0.15, 0.2) is 5.16 Å². The summed E-state index contributed by atoms with van der Waals surface area (Å²) >= 11 is 2.95. The molecule has 2 aromatic rings. The Labute approximate surface area is 142 Å². The number of nitrogens with one attached hydrogen (secondary N) is 2. The van der Waals surface area contributed by atoms with Crippen LogP contribution in [0.3, 0.4) is 0 Å². The molecule has 6 nitrogen and oxygen atoms in total. The summed E-state index contributed by atoms with van der Waals surface area (Å²) in [5, 5.41) is 4.57. The summed E-state index contributed by atoms with van der Waals surface area (Å²) in [6, 6.07) is 1.43. The predicted octanol–water partition coefficient (Wildman–Crippen LogP) is 2.13. The van der Waals surface area contributed by atoms with Gasteiger partial charge in [-0.3, -0.25) is 9.59 Å². The van der Waals surface area contributed by atoms with E-state index in [-0.39, 0.29) is 23.3 Å². The van der Waals surface area contributed by atoms with Crippen molar-refractivity contribution in [3.8, 4) is 0 Å². The van der Waals surface area contributed by atoms with E-state index >= 15 is 0 Å².